The number of hydrogen-bond acceptors (Lipinski definition) is 2. The summed E-state index contributed by atoms with van der Waals surface area (Å²) >= 11 is 0. The van der Waals surface area contributed by atoms with Crippen LogP contribution in [-0.2, 0) is 5.41 Å². The molecule has 2 aliphatic carbocycles. The first-order valence-corrected chi connectivity index (χ1v) is 7.61. The standard InChI is InChI=1S/C17H21NO/c1-19-13-8-9-15-14(11-13)17-10-3-2-5-12(17)6-4-7-16(17)18-15/h8-9,11-12H,2-7,10H2,1H3. The molecule has 1 aliphatic heterocycles. The summed E-state index contributed by atoms with van der Waals surface area (Å²) in [6, 6.07) is 6.46. The lowest BCUT2D eigenvalue weighted by Crippen LogP contribution is -2.45. The van der Waals surface area contributed by atoms with Crippen molar-refractivity contribution in [3.63, 3.8) is 0 Å². The third kappa shape index (κ3) is 1.46. The summed E-state index contributed by atoms with van der Waals surface area (Å²) in [5, 5.41) is 0. The fourth-order valence-electron chi connectivity index (χ4n) is 4.66. The molecule has 0 aromatic heterocycles. The van der Waals surface area contributed by atoms with E-state index in [1.807, 2.05) is 0 Å². The number of rotatable bonds is 1. The van der Waals surface area contributed by atoms with E-state index in [1.54, 1.807) is 7.11 Å². The van der Waals surface area contributed by atoms with Crippen LogP contribution in [0, 0.1) is 5.92 Å². The average Bonchev–Trinajstić information content (AvgIpc) is 2.79. The van der Waals surface area contributed by atoms with Crippen LogP contribution in [-0.4, -0.2) is 12.8 Å². The van der Waals surface area contributed by atoms with Crippen molar-refractivity contribution >= 4 is 11.4 Å². The largest absolute Gasteiger partial charge is 0.497 e. The Kier molecular flexibility index (Phi) is 2.48. The van der Waals surface area contributed by atoms with Gasteiger partial charge in [0.15, 0.2) is 0 Å². The summed E-state index contributed by atoms with van der Waals surface area (Å²) in [4.78, 5) is 4.99. The summed E-state index contributed by atoms with van der Waals surface area (Å²) in [6.45, 7) is 0. The van der Waals surface area contributed by atoms with Crippen LogP contribution in [0.2, 0.25) is 0 Å². The molecule has 0 amide bonds. The molecule has 19 heavy (non-hydrogen) atoms. The van der Waals surface area contributed by atoms with Crippen molar-refractivity contribution in [2.24, 2.45) is 10.9 Å². The Hall–Kier alpha value is -1.31. The zero-order valence-electron chi connectivity index (χ0n) is 11.6. The highest BCUT2D eigenvalue weighted by molar-refractivity contribution is 6.03. The van der Waals surface area contributed by atoms with Crippen LogP contribution in [0.25, 0.3) is 0 Å². The van der Waals surface area contributed by atoms with Crippen LogP contribution < -0.4 is 4.74 Å². The van der Waals surface area contributed by atoms with Gasteiger partial charge in [0.05, 0.1) is 12.8 Å². The smallest absolute Gasteiger partial charge is 0.119 e. The second-order valence-corrected chi connectivity index (χ2v) is 6.25. The van der Waals surface area contributed by atoms with Crippen molar-refractivity contribution in [1.29, 1.82) is 0 Å². The minimum Gasteiger partial charge on any atom is -0.497 e. The summed E-state index contributed by atoms with van der Waals surface area (Å²) < 4.78 is 5.44. The predicted molar refractivity (Wildman–Crippen MR) is 77.6 cm³/mol. The van der Waals surface area contributed by atoms with E-state index in [0.717, 1.165) is 11.7 Å². The van der Waals surface area contributed by atoms with E-state index < -0.39 is 0 Å². The maximum atomic E-state index is 5.44. The Labute approximate surface area is 114 Å². The van der Waals surface area contributed by atoms with Gasteiger partial charge in [-0.1, -0.05) is 12.8 Å². The van der Waals surface area contributed by atoms with Gasteiger partial charge < -0.3 is 4.74 Å². The molecule has 2 fully saturated rings. The van der Waals surface area contributed by atoms with Gasteiger partial charge in [-0.15, -0.1) is 0 Å². The third-order valence-electron chi connectivity index (χ3n) is 5.49. The number of fused-ring (bicyclic) bond motifs is 1. The van der Waals surface area contributed by atoms with Crippen LogP contribution >= 0.6 is 0 Å². The minimum absolute atomic E-state index is 0.278. The molecule has 0 radical (unpaired) electrons. The Balaban J connectivity index is 1.89. The minimum atomic E-state index is 0.278. The number of methoxy groups -OCH3 is 1. The number of nitrogens with zero attached hydrogens (tertiary/aromatic N) is 1. The van der Waals surface area contributed by atoms with Gasteiger partial charge in [-0.2, -0.15) is 0 Å². The SMILES string of the molecule is COc1ccc2c(c1)C13CCCCC1CCCC3=N2. The van der Waals surface area contributed by atoms with E-state index in [-0.39, 0.29) is 5.41 Å². The van der Waals surface area contributed by atoms with Gasteiger partial charge in [0.1, 0.15) is 5.75 Å². The quantitative estimate of drug-likeness (QED) is 0.729. The molecule has 2 atom stereocenters. The molecule has 3 aliphatic rings. The first-order chi connectivity index (χ1) is 9.34. The van der Waals surface area contributed by atoms with Gasteiger partial charge in [0.2, 0.25) is 0 Å². The van der Waals surface area contributed by atoms with Crippen molar-refractivity contribution in [3.8, 4) is 5.75 Å². The van der Waals surface area contributed by atoms with Gasteiger partial charge in [-0.25, -0.2) is 0 Å². The third-order valence-corrected chi connectivity index (χ3v) is 5.49. The van der Waals surface area contributed by atoms with Crippen molar-refractivity contribution in [2.75, 3.05) is 7.11 Å². The lowest BCUT2D eigenvalue weighted by Gasteiger charge is -2.46. The van der Waals surface area contributed by atoms with Crippen molar-refractivity contribution in [2.45, 2.75) is 50.4 Å². The Bertz CT molecular complexity index is 546. The fraction of sp³-hybridized carbons (Fsp3) is 0.588. The van der Waals surface area contributed by atoms with Crippen LogP contribution in [0.3, 0.4) is 0 Å². The Morgan fingerprint density at radius 2 is 2.11 bits per heavy atom. The van der Waals surface area contributed by atoms with Crippen LogP contribution in [0.5, 0.6) is 5.75 Å². The van der Waals surface area contributed by atoms with E-state index in [1.165, 1.54) is 61.9 Å². The Morgan fingerprint density at radius 3 is 3.00 bits per heavy atom. The topological polar surface area (TPSA) is 21.6 Å². The second kappa shape index (κ2) is 4.09. The van der Waals surface area contributed by atoms with Gasteiger partial charge in [0, 0.05) is 11.1 Å². The molecular formula is C17H21NO. The molecule has 1 aromatic carbocycles. The van der Waals surface area contributed by atoms with E-state index in [2.05, 4.69) is 18.2 Å². The molecule has 0 saturated heterocycles. The second-order valence-electron chi connectivity index (χ2n) is 6.25. The zero-order valence-corrected chi connectivity index (χ0v) is 11.6. The highest BCUT2D eigenvalue weighted by atomic mass is 16.5. The van der Waals surface area contributed by atoms with Crippen LogP contribution in [0.15, 0.2) is 23.2 Å². The normalized spacial score (nSPS) is 32.1. The maximum Gasteiger partial charge on any atom is 0.119 e. The average molecular weight is 255 g/mol. The first kappa shape index (κ1) is 11.5. The molecule has 1 heterocycles. The van der Waals surface area contributed by atoms with Crippen molar-refractivity contribution in [3.05, 3.63) is 23.8 Å². The van der Waals surface area contributed by atoms with Gasteiger partial charge >= 0.3 is 0 Å². The summed E-state index contributed by atoms with van der Waals surface area (Å²) in [6.07, 6.45) is 9.36. The van der Waals surface area contributed by atoms with E-state index >= 15 is 0 Å². The predicted octanol–water partition coefficient (Wildman–Crippen LogP) is 4.39. The van der Waals surface area contributed by atoms with Gasteiger partial charge in [-0.3, -0.25) is 4.99 Å². The fourth-order valence-corrected chi connectivity index (χ4v) is 4.66. The maximum absolute atomic E-state index is 5.44. The number of aliphatic imine (C=N–C) groups is 1. The van der Waals surface area contributed by atoms with Crippen LogP contribution in [0.4, 0.5) is 5.69 Å². The van der Waals surface area contributed by atoms with Crippen LogP contribution in [0.1, 0.15) is 50.5 Å². The van der Waals surface area contributed by atoms with E-state index in [9.17, 15) is 0 Å². The van der Waals surface area contributed by atoms with Gasteiger partial charge in [-0.05, 0) is 61.8 Å². The van der Waals surface area contributed by atoms with E-state index in [4.69, 9.17) is 9.73 Å². The highest BCUT2D eigenvalue weighted by Gasteiger charge is 2.51. The van der Waals surface area contributed by atoms with Crippen molar-refractivity contribution < 1.29 is 4.74 Å². The number of hydrogen-bond donors (Lipinski definition) is 0. The van der Waals surface area contributed by atoms with E-state index in [0.29, 0.717) is 0 Å². The molecule has 1 spiro atoms. The highest BCUT2D eigenvalue weighted by Crippen LogP contribution is 2.56. The molecule has 2 heteroatoms. The zero-order chi connectivity index (χ0) is 12.9. The molecule has 4 rings (SSSR count). The first-order valence-electron chi connectivity index (χ1n) is 7.61. The van der Waals surface area contributed by atoms with Gasteiger partial charge in [0.25, 0.3) is 0 Å². The molecule has 2 unspecified atom stereocenters. The summed E-state index contributed by atoms with van der Waals surface area (Å²) in [5.41, 5.74) is 4.43. The summed E-state index contributed by atoms with van der Waals surface area (Å²) in [5.74, 6) is 1.81. The lowest BCUT2D eigenvalue weighted by molar-refractivity contribution is 0.221. The number of benzene rings is 1. The lowest BCUT2D eigenvalue weighted by atomic mass is 9.56. The molecule has 0 N–H and O–H groups in total. The van der Waals surface area contributed by atoms with Crippen molar-refractivity contribution in [1.82, 2.24) is 0 Å². The number of ether oxygens (including phenoxy) is 1. The summed E-state index contributed by atoms with van der Waals surface area (Å²) in [7, 11) is 1.76. The molecule has 100 valence electrons. The molecule has 0 bridgehead atoms. The molecular weight excluding hydrogens is 234 g/mol. The molecule has 1 aromatic rings. The monoisotopic (exact) mass is 255 g/mol. The molecule has 2 saturated carbocycles. The Morgan fingerprint density at radius 1 is 1.21 bits per heavy atom. The molecule has 2 nitrogen and oxygen atoms in total.